The van der Waals surface area contributed by atoms with E-state index >= 15 is 0 Å². The Labute approximate surface area is 147 Å². The number of carbonyl (C=O) groups is 1. The lowest BCUT2D eigenvalue weighted by Gasteiger charge is -2.33. The van der Waals surface area contributed by atoms with Gasteiger partial charge in [0.15, 0.2) is 0 Å². The van der Waals surface area contributed by atoms with E-state index in [0.717, 1.165) is 31.4 Å². The van der Waals surface area contributed by atoms with Crippen LogP contribution < -0.4 is 10.5 Å². The highest BCUT2D eigenvalue weighted by Crippen LogP contribution is 2.27. The summed E-state index contributed by atoms with van der Waals surface area (Å²) < 4.78 is 40.3. The van der Waals surface area contributed by atoms with Gasteiger partial charge in [-0.05, 0) is 56.4 Å². The minimum Gasteiger partial charge on any atom is -0.342 e. The monoisotopic (exact) mass is 369 g/mol. The van der Waals surface area contributed by atoms with Gasteiger partial charge in [-0.3, -0.25) is 4.79 Å². The molecule has 1 aliphatic heterocycles. The molecular weight excluding hydrogens is 345 g/mol. The molecule has 0 spiro atoms. The van der Waals surface area contributed by atoms with Crippen molar-refractivity contribution in [3.05, 3.63) is 30.1 Å². The predicted octanol–water partition coefficient (Wildman–Crippen LogP) is 1.22. The van der Waals surface area contributed by atoms with Crippen LogP contribution in [0.1, 0.15) is 32.1 Å². The van der Waals surface area contributed by atoms with E-state index in [4.69, 9.17) is 5.73 Å². The largest absolute Gasteiger partial charge is 0.342 e. The van der Waals surface area contributed by atoms with Gasteiger partial charge >= 0.3 is 0 Å². The van der Waals surface area contributed by atoms with Crippen LogP contribution in [-0.4, -0.2) is 44.4 Å². The lowest BCUT2D eigenvalue weighted by molar-refractivity contribution is -0.136. The fraction of sp³-hybridized carbons (Fsp3) is 0.588. The predicted molar refractivity (Wildman–Crippen MR) is 91.6 cm³/mol. The van der Waals surface area contributed by atoms with Crippen molar-refractivity contribution in [2.45, 2.75) is 49.1 Å². The maximum Gasteiger partial charge on any atom is 0.240 e. The van der Waals surface area contributed by atoms with Crippen molar-refractivity contribution >= 4 is 15.9 Å². The number of piperidine rings is 1. The molecule has 25 heavy (non-hydrogen) atoms. The Balaban J connectivity index is 1.54. The van der Waals surface area contributed by atoms with E-state index < -0.39 is 15.8 Å². The second kappa shape index (κ2) is 7.39. The minimum absolute atomic E-state index is 0.0162. The number of sulfonamides is 1. The van der Waals surface area contributed by atoms with Gasteiger partial charge in [-0.15, -0.1) is 0 Å². The third kappa shape index (κ3) is 4.37. The Morgan fingerprint density at radius 2 is 1.76 bits per heavy atom. The van der Waals surface area contributed by atoms with Gasteiger partial charge in [0.2, 0.25) is 15.9 Å². The number of nitrogens with zero attached hydrogens (tertiary/aromatic N) is 1. The highest BCUT2D eigenvalue weighted by molar-refractivity contribution is 7.89. The molecular formula is C17H24FN3O3S. The van der Waals surface area contributed by atoms with Crippen LogP contribution in [0.4, 0.5) is 4.39 Å². The van der Waals surface area contributed by atoms with Gasteiger partial charge in [0.25, 0.3) is 0 Å². The summed E-state index contributed by atoms with van der Waals surface area (Å²) in [6, 6.07) is 4.66. The summed E-state index contributed by atoms with van der Waals surface area (Å²) >= 11 is 0. The third-order valence-corrected chi connectivity index (χ3v) is 6.61. The molecule has 0 aromatic heterocycles. The van der Waals surface area contributed by atoms with E-state index in [2.05, 4.69) is 4.72 Å². The quantitative estimate of drug-likeness (QED) is 0.835. The van der Waals surface area contributed by atoms with E-state index in [9.17, 15) is 17.6 Å². The SMILES string of the molecule is NC1CCC(C(=O)N2CCC(NS(=O)(=O)c3ccc(F)cc3)CC2)C1. The number of carbonyl (C=O) groups excluding carboxylic acids is 1. The maximum absolute atomic E-state index is 12.9. The number of rotatable bonds is 4. The van der Waals surface area contributed by atoms with Crippen LogP contribution >= 0.6 is 0 Å². The van der Waals surface area contributed by atoms with Crippen molar-refractivity contribution in [2.75, 3.05) is 13.1 Å². The van der Waals surface area contributed by atoms with Gasteiger partial charge in [-0.2, -0.15) is 0 Å². The number of nitrogens with two attached hydrogens (primary N) is 1. The van der Waals surface area contributed by atoms with Gasteiger partial charge in [-0.25, -0.2) is 17.5 Å². The molecule has 1 heterocycles. The number of benzene rings is 1. The van der Waals surface area contributed by atoms with Crippen LogP contribution in [0, 0.1) is 11.7 Å². The average Bonchev–Trinajstić information content (AvgIpc) is 3.01. The van der Waals surface area contributed by atoms with Crippen LogP contribution in [0.3, 0.4) is 0 Å². The molecule has 2 unspecified atom stereocenters. The Hall–Kier alpha value is -1.51. The molecule has 1 aromatic rings. The molecule has 0 bridgehead atoms. The lowest BCUT2D eigenvalue weighted by atomic mass is 10.0. The maximum atomic E-state index is 12.9. The highest BCUT2D eigenvalue weighted by Gasteiger charge is 2.33. The number of likely N-dealkylation sites (tertiary alicyclic amines) is 1. The first-order chi connectivity index (χ1) is 11.8. The zero-order valence-corrected chi connectivity index (χ0v) is 14.8. The molecule has 0 radical (unpaired) electrons. The molecule has 1 aromatic carbocycles. The van der Waals surface area contributed by atoms with E-state index in [0.29, 0.717) is 25.9 Å². The Morgan fingerprint density at radius 1 is 1.12 bits per heavy atom. The highest BCUT2D eigenvalue weighted by atomic mass is 32.2. The Kier molecular flexibility index (Phi) is 5.41. The standard InChI is InChI=1S/C17H24FN3O3S/c18-13-2-5-16(6-3-13)25(23,24)20-15-7-9-21(10-8-15)17(22)12-1-4-14(19)11-12/h2-3,5-6,12,14-15,20H,1,4,7-11,19H2. The summed E-state index contributed by atoms with van der Waals surface area (Å²) in [5, 5.41) is 0. The molecule has 2 aliphatic rings. The summed E-state index contributed by atoms with van der Waals surface area (Å²) in [5.74, 6) is -0.312. The first-order valence-electron chi connectivity index (χ1n) is 8.67. The molecule has 1 saturated carbocycles. The summed E-state index contributed by atoms with van der Waals surface area (Å²) in [4.78, 5) is 14.4. The molecule has 138 valence electrons. The molecule has 6 nitrogen and oxygen atoms in total. The van der Waals surface area contributed by atoms with Gasteiger partial charge in [0.1, 0.15) is 5.82 Å². The molecule has 1 saturated heterocycles. The number of amides is 1. The van der Waals surface area contributed by atoms with E-state index in [1.807, 2.05) is 4.90 Å². The minimum atomic E-state index is -3.67. The molecule has 1 aliphatic carbocycles. The second-order valence-electron chi connectivity index (χ2n) is 6.94. The van der Waals surface area contributed by atoms with Crippen molar-refractivity contribution in [2.24, 2.45) is 11.7 Å². The van der Waals surface area contributed by atoms with E-state index in [1.54, 1.807) is 0 Å². The topological polar surface area (TPSA) is 92.5 Å². The zero-order chi connectivity index (χ0) is 18.0. The van der Waals surface area contributed by atoms with Crippen molar-refractivity contribution in [1.82, 2.24) is 9.62 Å². The third-order valence-electron chi connectivity index (χ3n) is 5.07. The fourth-order valence-corrected chi connectivity index (χ4v) is 4.92. The first kappa shape index (κ1) is 18.3. The Morgan fingerprint density at radius 3 is 2.32 bits per heavy atom. The smallest absolute Gasteiger partial charge is 0.240 e. The van der Waals surface area contributed by atoms with Crippen molar-refractivity contribution in [1.29, 1.82) is 0 Å². The molecule has 1 amide bonds. The second-order valence-corrected chi connectivity index (χ2v) is 8.66. The van der Waals surface area contributed by atoms with E-state index in [1.165, 1.54) is 12.1 Å². The molecule has 2 fully saturated rings. The Bertz CT molecular complexity index is 715. The summed E-state index contributed by atoms with van der Waals surface area (Å²) in [5.41, 5.74) is 5.88. The summed E-state index contributed by atoms with van der Waals surface area (Å²) in [6.07, 6.45) is 3.63. The van der Waals surface area contributed by atoms with Crippen molar-refractivity contribution in [3.63, 3.8) is 0 Å². The van der Waals surface area contributed by atoms with Gasteiger partial charge in [0, 0.05) is 31.1 Å². The molecule has 3 rings (SSSR count). The van der Waals surface area contributed by atoms with Crippen LogP contribution in [0.5, 0.6) is 0 Å². The number of hydrogen-bond acceptors (Lipinski definition) is 4. The number of nitrogens with one attached hydrogen (secondary N) is 1. The summed E-state index contributed by atoms with van der Waals surface area (Å²) in [6.45, 7) is 1.09. The van der Waals surface area contributed by atoms with Crippen LogP contribution in [0.15, 0.2) is 29.2 Å². The zero-order valence-electron chi connectivity index (χ0n) is 14.0. The molecule has 3 N–H and O–H groups in total. The van der Waals surface area contributed by atoms with Gasteiger partial charge < -0.3 is 10.6 Å². The number of halogens is 1. The summed E-state index contributed by atoms with van der Waals surface area (Å²) in [7, 11) is -3.67. The fourth-order valence-electron chi connectivity index (χ4n) is 3.62. The molecule has 8 heteroatoms. The lowest BCUT2D eigenvalue weighted by Crippen LogP contribution is -2.47. The van der Waals surface area contributed by atoms with Crippen LogP contribution in [0.2, 0.25) is 0 Å². The first-order valence-corrected chi connectivity index (χ1v) is 10.2. The van der Waals surface area contributed by atoms with Gasteiger partial charge in [0.05, 0.1) is 4.90 Å². The normalized spacial score (nSPS) is 25.3. The van der Waals surface area contributed by atoms with Gasteiger partial charge in [-0.1, -0.05) is 0 Å². The van der Waals surface area contributed by atoms with Crippen molar-refractivity contribution < 1.29 is 17.6 Å². The van der Waals surface area contributed by atoms with Crippen molar-refractivity contribution in [3.8, 4) is 0 Å². The van der Waals surface area contributed by atoms with E-state index in [-0.39, 0.29) is 28.8 Å². The van der Waals surface area contributed by atoms with Crippen LogP contribution in [-0.2, 0) is 14.8 Å². The van der Waals surface area contributed by atoms with Crippen LogP contribution in [0.25, 0.3) is 0 Å². The average molecular weight is 369 g/mol. The molecule has 2 atom stereocenters. The number of hydrogen-bond donors (Lipinski definition) is 2.